The van der Waals surface area contributed by atoms with Crippen LogP contribution in [0.15, 0.2) is 47.0 Å². The zero-order chi connectivity index (χ0) is 20.0. The third-order valence-corrected chi connectivity index (χ3v) is 5.62. The van der Waals surface area contributed by atoms with E-state index in [1.54, 1.807) is 6.07 Å². The number of likely N-dealkylation sites (N-methyl/N-ethyl adjacent to an activating group) is 1. The van der Waals surface area contributed by atoms with Gasteiger partial charge in [-0.15, -0.1) is 0 Å². The fraction of sp³-hybridized carbons (Fsp3) is 0.273. The van der Waals surface area contributed by atoms with Gasteiger partial charge >= 0.3 is 0 Å². The lowest BCUT2D eigenvalue weighted by Crippen LogP contribution is -2.41. The number of hydrogen-bond acceptors (Lipinski definition) is 4. The molecule has 2 aromatic carbocycles. The van der Waals surface area contributed by atoms with Crippen molar-refractivity contribution in [2.45, 2.75) is 25.4 Å². The molecule has 6 nitrogen and oxygen atoms in total. The number of aromatic nitrogens is 2. The van der Waals surface area contributed by atoms with Crippen molar-refractivity contribution in [2.24, 2.45) is 0 Å². The molecular formula is C22H21FN4O2. The standard InChI is InChI=1S/C22H21FN4O2/c1-27-8-2-3-19(27)22(28)25-12-21-26-17-7-4-13(9-20(17)29-21)16-11-24-18-10-14(23)5-6-15(16)18/h4-7,9-11,19,24H,2-3,8,12H2,1H3,(H,25,28). The van der Waals surface area contributed by atoms with Crippen LogP contribution in [-0.2, 0) is 11.3 Å². The highest BCUT2D eigenvalue weighted by Gasteiger charge is 2.27. The van der Waals surface area contributed by atoms with Crippen molar-refractivity contribution in [2.75, 3.05) is 13.6 Å². The number of halogens is 1. The van der Waals surface area contributed by atoms with Crippen LogP contribution in [0.2, 0.25) is 0 Å². The lowest BCUT2D eigenvalue weighted by atomic mass is 10.0. The van der Waals surface area contributed by atoms with Gasteiger partial charge in [0.15, 0.2) is 5.58 Å². The molecule has 0 bridgehead atoms. The normalized spacial score (nSPS) is 17.4. The number of carbonyl (C=O) groups excluding carboxylic acids is 1. The summed E-state index contributed by atoms with van der Waals surface area (Å²) in [5, 5.41) is 3.87. The van der Waals surface area contributed by atoms with Crippen molar-refractivity contribution in [3.8, 4) is 11.1 Å². The van der Waals surface area contributed by atoms with Crippen molar-refractivity contribution >= 4 is 27.9 Å². The van der Waals surface area contributed by atoms with Crippen molar-refractivity contribution in [1.29, 1.82) is 0 Å². The molecule has 4 aromatic rings. The Labute approximate surface area is 166 Å². The van der Waals surface area contributed by atoms with E-state index in [0.717, 1.165) is 46.9 Å². The third-order valence-electron chi connectivity index (χ3n) is 5.62. The number of likely N-dealkylation sites (tertiary alicyclic amines) is 1. The van der Waals surface area contributed by atoms with Crippen molar-refractivity contribution < 1.29 is 13.6 Å². The molecule has 2 aromatic heterocycles. The first-order valence-corrected chi connectivity index (χ1v) is 9.73. The average molecular weight is 392 g/mol. The summed E-state index contributed by atoms with van der Waals surface area (Å²) in [6.07, 6.45) is 3.79. The van der Waals surface area contributed by atoms with Crippen LogP contribution in [0.25, 0.3) is 33.1 Å². The van der Waals surface area contributed by atoms with E-state index in [0.29, 0.717) is 11.5 Å². The highest BCUT2D eigenvalue weighted by molar-refractivity contribution is 5.97. The highest BCUT2D eigenvalue weighted by atomic mass is 19.1. The van der Waals surface area contributed by atoms with Gasteiger partial charge in [0.1, 0.15) is 11.3 Å². The lowest BCUT2D eigenvalue weighted by molar-refractivity contribution is -0.125. The summed E-state index contributed by atoms with van der Waals surface area (Å²) in [6.45, 7) is 1.21. The van der Waals surface area contributed by atoms with Crippen molar-refractivity contribution in [1.82, 2.24) is 20.2 Å². The lowest BCUT2D eigenvalue weighted by Gasteiger charge is -2.17. The molecule has 3 heterocycles. The summed E-state index contributed by atoms with van der Waals surface area (Å²) in [5.41, 5.74) is 4.06. The van der Waals surface area contributed by atoms with Crippen LogP contribution < -0.4 is 5.32 Å². The number of rotatable bonds is 4. The van der Waals surface area contributed by atoms with Crippen molar-refractivity contribution in [3.63, 3.8) is 0 Å². The van der Waals surface area contributed by atoms with Gasteiger partial charge in [-0.05, 0) is 62.3 Å². The fourth-order valence-corrected chi connectivity index (χ4v) is 4.07. The number of carbonyl (C=O) groups is 1. The molecule has 1 fully saturated rings. The van der Waals surface area contributed by atoms with E-state index >= 15 is 0 Å². The maximum absolute atomic E-state index is 13.4. The first-order valence-electron chi connectivity index (χ1n) is 9.73. The third kappa shape index (κ3) is 3.27. The van der Waals surface area contributed by atoms with E-state index in [-0.39, 0.29) is 24.3 Å². The molecule has 7 heteroatoms. The number of amides is 1. The van der Waals surface area contributed by atoms with Gasteiger partial charge < -0.3 is 14.7 Å². The van der Waals surface area contributed by atoms with Gasteiger partial charge in [0.05, 0.1) is 12.6 Å². The molecular weight excluding hydrogens is 371 g/mol. The number of benzene rings is 2. The molecule has 0 radical (unpaired) electrons. The summed E-state index contributed by atoms with van der Waals surface area (Å²) in [5.74, 6) is 0.221. The van der Waals surface area contributed by atoms with Crippen LogP contribution in [0.4, 0.5) is 4.39 Å². The number of hydrogen-bond donors (Lipinski definition) is 2. The Morgan fingerprint density at radius 3 is 3.07 bits per heavy atom. The molecule has 0 aliphatic carbocycles. The summed E-state index contributed by atoms with van der Waals surface area (Å²) in [7, 11) is 1.97. The van der Waals surface area contributed by atoms with Gasteiger partial charge in [0.25, 0.3) is 0 Å². The molecule has 0 spiro atoms. The quantitative estimate of drug-likeness (QED) is 0.554. The second-order valence-electron chi connectivity index (χ2n) is 7.54. The second-order valence-corrected chi connectivity index (χ2v) is 7.54. The number of fused-ring (bicyclic) bond motifs is 2. The minimum atomic E-state index is -0.271. The Bertz CT molecular complexity index is 1210. The zero-order valence-electron chi connectivity index (χ0n) is 16.0. The second kappa shape index (κ2) is 7.00. The molecule has 1 unspecified atom stereocenters. The maximum atomic E-state index is 13.4. The number of nitrogens with one attached hydrogen (secondary N) is 2. The first-order chi connectivity index (χ1) is 14.1. The van der Waals surface area contributed by atoms with Crippen LogP contribution in [0.1, 0.15) is 18.7 Å². The van der Waals surface area contributed by atoms with E-state index < -0.39 is 0 Å². The summed E-state index contributed by atoms with van der Waals surface area (Å²) in [4.78, 5) is 22.0. The fourth-order valence-electron chi connectivity index (χ4n) is 4.07. The minimum absolute atomic E-state index is 0.0129. The monoisotopic (exact) mass is 392 g/mol. The Kier molecular flexibility index (Phi) is 4.32. The van der Waals surface area contributed by atoms with Crippen LogP contribution >= 0.6 is 0 Å². The molecule has 1 saturated heterocycles. The van der Waals surface area contributed by atoms with Gasteiger partial charge in [0, 0.05) is 22.7 Å². The van der Waals surface area contributed by atoms with Crippen LogP contribution in [0.3, 0.4) is 0 Å². The molecule has 1 aliphatic rings. The molecule has 29 heavy (non-hydrogen) atoms. The van der Waals surface area contributed by atoms with E-state index in [1.165, 1.54) is 12.1 Å². The predicted molar refractivity (Wildman–Crippen MR) is 109 cm³/mol. The highest BCUT2D eigenvalue weighted by Crippen LogP contribution is 2.31. The van der Waals surface area contributed by atoms with Gasteiger partial charge in [-0.1, -0.05) is 6.07 Å². The van der Waals surface area contributed by atoms with E-state index in [9.17, 15) is 9.18 Å². The van der Waals surface area contributed by atoms with Gasteiger partial charge in [-0.3, -0.25) is 9.69 Å². The maximum Gasteiger partial charge on any atom is 0.237 e. The van der Waals surface area contributed by atoms with E-state index in [2.05, 4.69) is 20.2 Å². The molecule has 2 N–H and O–H groups in total. The Morgan fingerprint density at radius 1 is 1.34 bits per heavy atom. The average Bonchev–Trinajstić information content (AvgIpc) is 3.42. The molecule has 1 amide bonds. The van der Waals surface area contributed by atoms with Crippen LogP contribution in [0.5, 0.6) is 0 Å². The molecule has 148 valence electrons. The Balaban J connectivity index is 1.38. The number of aromatic amines is 1. The summed E-state index contributed by atoms with van der Waals surface area (Å²) >= 11 is 0. The number of H-pyrrole nitrogens is 1. The first kappa shape index (κ1) is 17.9. The topological polar surface area (TPSA) is 74.2 Å². The Morgan fingerprint density at radius 2 is 2.24 bits per heavy atom. The van der Waals surface area contributed by atoms with Gasteiger partial charge in [0.2, 0.25) is 11.8 Å². The van der Waals surface area contributed by atoms with Crippen LogP contribution in [0, 0.1) is 5.82 Å². The predicted octanol–water partition coefficient (Wildman–Crippen LogP) is 3.83. The SMILES string of the molecule is CN1CCCC1C(=O)NCc1nc2ccc(-c3c[nH]c4cc(F)ccc34)cc2o1. The number of oxazole rings is 1. The number of nitrogens with zero attached hydrogens (tertiary/aromatic N) is 2. The molecule has 0 saturated carbocycles. The molecule has 5 rings (SSSR count). The molecule has 1 aliphatic heterocycles. The van der Waals surface area contributed by atoms with Gasteiger partial charge in [-0.25, -0.2) is 9.37 Å². The zero-order valence-corrected chi connectivity index (χ0v) is 16.0. The van der Waals surface area contributed by atoms with Crippen molar-refractivity contribution in [3.05, 3.63) is 54.3 Å². The summed E-state index contributed by atoms with van der Waals surface area (Å²) < 4.78 is 19.3. The summed E-state index contributed by atoms with van der Waals surface area (Å²) in [6, 6.07) is 10.4. The minimum Gasteiger partial charge on any atom is -0.439 e. The van der Waals surface area contributed by atoms with E-state index in [4.69, 9.17) is 4.42 Å². The van der Waals surface area contributed by atoms with Gasteiger partial charge in [-0.2, -0.15) is 0 Å². The van der Waals surface area contributed by atoms with E-state index in [1.807, 2.05) is 31.4 Å². The Hall–Kier alpha value is -3.19. The largest absolute Gasteiger partial charge is 0.439 e. The smallest absolute Gasteiger partial charge is 0.237 e. The van der Waals surface area contributed by atoms with Crippen LogP contribution in [-0.4, -0.2) is 40.4 Å². The molecule has 1 atom stereocenters.